The maximum atomic E-state index is 14.2. The molecule has 23 heavy (non-hydrogen) atoms. The highest BCUT2D eigenvalue weighted by atomic mass is 35.5. The third kappa shape index (κ3) is 4.41. The number of hydrogen-bond donors (Lipinski definition) is 1. The summed E-state index contributed by atoms with van der Waals surface area (Å²) in [5.74, 6) is -4.27. The van der Waals surface area contributed by atoms with Gasteiger partial charge in [0.05, 0.1) is 17.1 Å². The summed E-state index contributed by atoms with van der Waals surface area (Å²) in [7, 11) is 0. The van der Waals surface area contributed by atoms with Crippen LogP contribution in [-0.4, -0.2) is 22.6 Å². The fourth-order valence-corrected chi connectivity index (χ4v) is 2.55. The Labute approximate surface area is 149 Å². The summed E-state index contributed by atoms with van der Waals surface area (Å²) >= 11 is 22.7. The third-order valence-corrected chi connectivity index (χ3v) is 3.77. The standard InChI is InChI=1S/C13H7Cl4F2N3O/c14-6-1-2-8(9(15)3-6)13(18,19)5-20-12(23)7-4-10(16)21-22-11(7)17/h1-4H,5H2,(H,20,23). The van der Waals surface area contributed by atoms with Gasteiger partial charge in [0.25, 0.3) is 11.8 Å². The lowest BCUT2D eigenvalue weighted by Crippen LogP contribution is -2.35. The number of nitrogens with one attached hydrogen (secondary N) is 1. The molecule has 0 aliphatic heterocycles. The van der Waals surface area contributed by atoms with Crippen molar-refractivity contribution in [3.05, 3.63) is 55.7 Å². The Balaban J connectivity index is 2.15. The van der Waals surface area contributed by atoms with Crippen LogP contribution in [0.15, 0.2) is 24.3 Å². The van der Waals surface area contributed by atoms with Gasteiger partial charge >= 0.3 is 0 Å². The number of hydrogen-bond acceptors (Lipinski definition) is 3. The van der Waals surface area contributed by atoms with Crippen LogP contribution in [0.25, 0.3) is 0 Å². The number of aromatic nitrogens is 2. The summed E-state index contributed by atoms with van der Waals surface area (Å²) in [6.45, 7) is -0.997. The van der Waals surface area contributed by atoms with Crippen LogP contribution in [0.5, 0.6) is 0 Å². The van der Waals surface area contributed by atoms with Crippen molar-refractivity contribution in [2.75, 3.05) is 6.54 Å². The zero-order valence-electron chi connectivity index (χ0n) is 11.1. The second-order valence-electron chi connectivity index (χ2n) is 4.38. The Morgan fingerprint density at radius 1 is 1.13 bits per heavy atom. The van der Waals surface area contributed by atoms with Crippen molar-refractivity contribution < 1.29 is 13.6 Å². The van der Waals surface area contributed by atoms with E-state index in [1.807, 2.05) is 0 Å². The molecule has 0 saturated heterocycles. The Bertz CT molecular complexity index is 758. The summed E-state index contributed by atoms with van der Waals surface area (Å²) in [6.07, 6.45) is 0. The highest BCUT2D eigenvalue weighted by Crippen LogP contribution is 2.34. The van der Waals surface area contributed by atoms with E-state index in [0.29, 0.717) is 0 Å². The van der Waals surface area contributed by atoms with Crippen LogP contribution in [0.4, 0.5) is 8.78 Å². The fourth-order valence-electron chi connectivity index (χ4n) is 1.68. The topological polar surface area (TPSA) is 54.9 Å². The van der Waals surface area contributed by atoms with Gasteiger partial charge < -0.3 is 5.32 Å². The molecule has 1 heterocycles. The lowest BCUT2D eigenvalue weighted by Gasteiger charge is -2.19. The number of nitrogens with zero attached hydrogens (tertiary/aromatic N) is 2. The van der Waals surface area contributed by atoms with Gasteiger partial charge in [-0.25, -0.2) is 0 Å². The van der Waals surface area contributed by atoms with E-state index in [4.69, 9.17) is 46.4 Å². The molecule has 1 amide bonds. The number of rotatable bonds is 4. The van der Waals surface area contributed by atoms with E-state index < -0.39 is 23.9 Å². The summed E-state index contributed by atoms with van der Waals surface area (Å²) in [4.78, 5) is 11.9. The van der Waals surface area contributed by atoms with E-state index >= 15 is 0 Å². The normalized spacial score (nSPS) is 11.4. The molecular weight excluding hydrogens is 394 g/mol. The molecule has 0 bridgehead atoms. The first kappa shape index (κ1) is 18.1. The van der Waals surface area contributed by atoms with Gasteiger partial charge in [-0.15, -0.1) is 10.2 Å². The van der Waals surface area contributed by atoms with Crippen LogP contribution < -0.4 is 5.32 Å². The first-order chi connectivity index (χ1) is 10.7. The summed E-state index contributed by atoms with van der Waals surface area (Å²) in [5.41, 5.74) is -0.620. The van der Waals surface area contributed by atoms with Gasteiger partial charge in [-0.3, -0.25) is 4.79 Å². The Hall–Kier alpha value is -1.21. The molecule has 2 aromatic rings. The van der Waals surface area contributed by atoms with Crippen molar-refractivity contribution >= 4 is 52.3 Å². The SMILES string of the molecule is O=C(NCC(F)(F)c1ccc(Cl)cc1Cl)c1cc(Cl)nnc1Cl. The Morgan fingerprint density at radius 2 is 1.83 bits per heavy atom. The summed E-state index contributed by atoms with van der Waals surface area (Å²) in [5, 5.41) is 8.58. The zero-order chi connectivity index (χ0) is 17.2. The third-order valence-electron chi connectivity index (χ3n) is 2.76. The number of carbonyl (C=O) groups is 1. The minimum atomic E-state index is -3.41. The maximum absolute atomic E-state index is 14.2. The van der Waals surface area contributed by atoms with Crippen molar-refractivity contribution in [3.8, 4) is 0 Å². The van der Waals surface area contributed by atoms with Gasteiger partial charge in [0.1, 0.15) is 0 Å². The van der Waals surface area contributed by atoms with Gasteiger partial charge in [0, 0.05) is 10.6 Å². The summed E-state index contributed by atoms with van der Waals surface area (Å²) < 4.78 is 28.4. The molecule has 0 spiro atoms. The number of carbonyl (C=O) groups excluding carboxylic acids is 1. The van der Waals surface area contributed by atoms with Crippen LogP contribution in [0, 0.1) is 0 Å². The van der Waals surface area contributed by atoms with Crippen LogP contribution in [0.3, 0.4) is 0 Å². The van der Waals surface area contributed by atoms with Crippen molar-refractivity contribution in [1.29, 1.82) is 0 Å². The van der Waals surface area contributed by atoms with Gasteiger partial charge in [-0.1, -0.05) is 46.4 Å². The minimum Gasteiger partial charge on any atom is -0.346 e. The highest BCUT2D eigenvalue weighted by molar-refractivity contribution is 6.35. The molecule has 10 heteroatoms. The monoisotopic (exact) mass is 399 g/mol. The van der Waals surface area contributed by atoms with E-state index in [1.54, 1.807) is 0 Å². The van der Waals surface area contributed by atoms with E-state index in [2.05, 4.69) is 15.5 Å². The minimum absolute atomic E-state index is 0.0907. The van der Waals surface area contributed by atoms with Gasteiger partial charge in [-0.05, 0) is 24.3 Å². The first-order valence-electron chi connectivity index (χ1n) is 6.01. The molecule has 0 fully saturated rings. The molecule has 122 valence electrons. The largest absolute Gasteiger partial charge is 0.346 e. The molecule has 0 unspecified atom stereocenters. The molecule has 0 aliphatic carbocycles. The molecule has 0 saturated carbocycles. The molecule has 2 rings (SSSR count). The molecule has 0 atom stereocenters. The molecule has 1 aromatic carbocycles. The molecular formula is C13H7Cl4F2N3O. The predicted molar refractivity (Wildman–Crippen MR) is 84.7 cm³/mol. The molecule has 0 aliphatic rings. The Morgan fingerprint density at radius 3 is 2.48 bits per heavy atom. The van der Waals surface area contributed by atoms with E-state index in [0.717, 1.165) is 12.1 Å². The number of halogens is 6. The van der Waals surface area contributed by atoms with Crippen molar-refractivity contribution in [2.45, 2.75) is 5.92 Å². The average molecular weight is 401 g/mol. The molecule has 1 N–H and O–H groups in total. The number of amides is 1. The molecule has 4 nitrogen and oxygen atoms in total. The predicted octanol–water partition coefficient (Wildman–Crippen LogP) is 4.61. The quantitative estimate of drug-likeness (QED) is 0.815. The number of benzene rings is 1. The van der Waals surface area contributed by atoms with Gasteiger partial charge in [0.15, 0.2) is 10.3 Å². The average Bonchev–Trinajstić information content (AvgIpc) is 2.47. The second-order valence-corrected chi connectivity index (χ2v) is 5.97. The molecule has 0 radical (unpaired) electrons. The van der Waals surface area contributed by atoms with E-state index in [9.17, 15) is 13.6 Å². The highest BCUT2D eigenvalue weighted by Gasteiger charge is 2.34. The van der Waals surface area contributed by atoms with Gasteiger partial charge in [0.2, 0.25) is 0 Å². The van der Waals surface area contributed by atoms with E-state index in [1.165, 1.54) is 12.1 Å². The summed E-state index contributed by atoms with van der Waals surface area (Å²) in [6, 6.07) is 4.69. The van der Waals surface area contributed by atoms with E-state index in [-0.39, 0.29) is 25.9 Å². The van der Waals surface area contributed by atoms with Crippen LogP contribution in [0.2, 0.25) is 20.4 Å². The number of alkyl halides is 2. The van der Waals surface area contributed by atoms with Crippen LogP contribution in [-0.2, 0) is 5.92 Å². The lowest BCUT2D eigenvalue weighted by molar-refractivity contribution is -0.00236. The molecule has 1 aromatic heterocycles. The lowest BCUT2D eigenvalue weighted by atomic mass is 10.1. The fraction of sp³-hybridized carbons (Fsp3) is 0.154. The smallest absolute Gasteiger partial charge is 0.291 e. The van der Waals surface area contributed by atoms with Crippen molar-refractivity contribution in [1.82, 2.24) is 15.5 Å². The second kappa shape index (κ2) is 7.13. The van der Waals surface area contributed by atoms with Crippen LogP contribution in [0.1, 0.15) is 15.9 Å². The Kier molecular flexibility index (Phi) is 5.62. The van der Waals surface area contributed by atoms with Crippen molar-refractivity contribution in [2.24, 2.45) is 0 Å². The first-order valence-corrected chi connectivity index (χ1v) is 7.52. The van der Waals surface area contributed by atoms with Crippen molar-refractivity contribution in [3.63, 3.8) is 0 Å². The zero-order valence-corrected chi connectivity index (χ0v) is 14.1. The maximum Gasteiger partial charge on any atom is 0.291 e. The van der Waals surface area contributed by atoms with Gasteiger partial charge in [-0.2, -0.15) is 8.78 Å². The van der Waals surface area contributed by atoms with Crippen LogP contribution >= 0.6 is 46.4 Å².